The summed E-state index contributed by atoms with van der Waals surface area (Å²) in [6.07, 6.45) is -4.70. The van der Waals surface area contributed by atoms with Gasteiger partial charge in [-0.15, -0.1) is 0 Å². The lowest BCUT2D eigenvalue weighted by Crippen LogP contribution is -2.22. The van der Waals surface area contributed by atoms with E-state index < -0.39 is 21.8 Å². The molecule has 0 aliphatic heterocycles. The highest BCUT2D eigenvalue weighted by molar-refractivity contribution is 7.91. The molecule has 0 saturated heterocycles. The molecule has 0 heterocycles. The van der Waals surface area contributed by atoms with E-state index in [9.17, 15) is 21.6 Å². The van der Waals surface area contributed by atoms with Crippen molar-refractivity contribution in [2.24, 2.45) is 0 Å². The maximum absolute atomic E-state index is 11.9. The molecule has 1 aromatic carbocycles. The molecule has 2 nitrogen and oxygen atoms in total. The van der Waals surface area contributed by atoms with Crippen LogP contribution in [0.2, 0.25) is 0 Å². The van der Waals surface area contributed by atoms with Crippen molar-refractivity contribution in [2.45, 2.75) is 18.0 Å². The van der Waals surface area contributed by atoms with Gasteiger partial charge in [0.25, 0.3) is 0 Å². The van der Waals surface area contributed by atoms with Gasteiger partial charge < -0.3 is 0 Å². The quantitative estimate of drug-likeness (QED) is 0.792. The highest BCUT2D eigenvalue weighted by atomic mass is 32.2. The molecular weight excluding hydrogens is 229 g/mol. The molecule has 6 heteroatoms. The Labute approximate surface area is 85.6 Å². The molecule has 0 amide bonds. The summed E-state index contributed by atoms with van der Waals surface area (Å²) in [7, 11) is -4.26. The first-order chi connectivity index (χ1) is 6.71. The minimum atomic E-state index is -4.70. The van der Waals surface area contributed by atoms with Gasteiger partial charge in [-0.3, -0.25) is 0 Å². The van der Waals surface area contributed by atoms with Gasteiger partial charge in [-0.25, -0.2) is 8.42 Å². The summed E-state index contributed by atoms with van der Waals surface area (Å²) >= 11 is 0. The van der Waals surface area contributed by atoms with Gasteiger partial charge in [-0.2, -0.15) is 13.2 Å². The van der Waals surface area contributed by atoms with Gasteiger partial charge in [0, 0.05) is 0 Å². The van der Waals surface area contributed by atoms with Crippen molar-refractivity contribution < 1.29 is 21.6 Å². The molecule has 15 heavy (non-hydrogen) atoms. The Hall–Kier alpha value is -1.04. The maximum Gasteiger partial charge on any atom is 0.403 e. The molecule has 0 saturated carbocycles. The monoisotopic (exact) mass is 238 g/mol. The molecule has 1 aromatic rings. The molecule has 0 unspecified atom stereocenters. The van der Waals surface area contributed by atoms with Crippen LogP contribution in [0.5, 0.6) is 0 Å². The molecule has 0 aliphatic rings. The molecule has 0 radical (unpaired) electrons. The minimum Gasteiger partial charge on any atom is -0.223 e. The normalized spacial score (nSPS) is 12.8. The fourth-order valence-electron chi connectivity index (χ4n) is 1.04. The van der Waals surface area contributed by atoms with Gasteiger partial charge in [0.1, 0.15) is 0 Å². The molecule has 84 valence electrons. The highest BCUT2D eigenvalue weighted by Crippen LogP contribution is 2.22. The number of rotatable bonds is 2. The average molecular weight is 238 g/mol. The Morgan fingerprint density at radius 3 is 2.00 bits per heavy atom. The van der Waals surface area contributed by atoms with E-state index in [0.717, 1.165) is 5.56 Å². The van der Waals surface area contributed by atoms with Crippen molar-refractivity contribution >= 4 is 9.84 Å². The zero-order valence-electron chi connectivity index (χ0n) is 7.88. The van der Waals surface area contributed by atoms with E-state index >= 15 is 0 Å². The molecule has 0 aromatic heterocycles. The predicted molar refractivity (Wildman–Crippen MR) is 49.3 cm³/mol. The van der Waals surface area contributed by atoms with Crippen LogP contribution in [0, 0.1) is 6.92 Å². The fraction of sp³-hybridized carbons (Fsp3) is 0.333. The number of aryl methyl sites for hydroxylation is 1. The van der Waals surface area contributed by atoms with Gasteiger partial charge in [-0.1, -0.05) is 17.7 Å². The second-order valence-corrected chi connectivity index (χ2v) is 5.18. The topological polar surface area (TPSA) is 34.1 Å². The number of alkyl halides is 3. The standard InChI is InChI=1S/C9H9F3O2S/c1-7-2-4-8(5-3-7)15(13,14)6-9(10,11)12/h2-5H,6H2,1H3. The van der Waals surface area contributed by atoms with E-state index in [1.54, 1.807) is 6.92 Å². The lowest BCUT2D eigenvalue weighted by Gasteiger charge is -2.07. The van der Waals surface area contributed by atoms with Crippen LogP contribution < -0.4 is 0 Å². The summed E-state index contributed by atoms with van der Waals surface area (Å²) in [5.41, 5.74) is 0.793. The third-order valence-electron chi connectivity index (χ3n) is 1.73. The van der Waals surface area contributed by atoms with Crippen LogP contribution in [0.25, 0.3) is 0 Å². The van der Waals surface area contributed by atoms with Crippen LogP contribution in [0.3, 0.4) is 0 Å². The van der Waals surface area contributed by atoms with Crippen LogP contribution in [0.15, 0.2) is 29.2 Å². The van der Waals surface area contributed by atoms with Crippen molar-refractivity contribution in [3.05, 3.63) is 29.8 Å². The second kappa shape index (κ2) is 3.84. The third-order valence-corrected chi connectivity index (χ3v) is 3.43. The van der Waals surface area contributed by atoms with Crippen LogP contribution in [0.1, 0.15) is 5.56 Å². The molecule has 0 fully saturated rings. The van der Waals surface area contributed by atoms with Crippen LogP contribution >= 0.6 is 0 Å². The maximum atomic E-state index is 11.9. The SMILES string of the molecule is Cc1ccc(S(=O)(=O)CC(F)(F)F)cc1. The Balaban J connectivity index is 3.02. The van der Waals surface area contributed by atoms with Crippen molar-refractivity contribution in [2.75, 3.05) is 5.75 Å². The lowest BCUT2D eigenvalue weighted by molar-refractivity contribution is -0.106. The number of benzene rings is 1. The van der Waals surface area contributed by atoms with Gasteiger partial charge in [-0.05, 0) is 19.1 Å². The van der Waals surface area contributed by atoms with Crippen molar-refractivity contribution in [1.29, 1.82) is 0 Å². The third kappa shape index (κ3) is 3.54. The van der Waals surface area contributed by atoms with Gasteiger partial charge in [0.05, 0.1) is 4.90 Å². The second-order valence-electron chi connectivity index (χ2n) is 3.19. The molecule has 0 bridgehead atoms. The summed E-state index contributed by atoms with van der Waals surface area (Å²) in [6.45, 7) is 1.72. The van der Waals surface area contributed by atoms with Crippen molar-refractivity contribution in [3.63, 3.8) is 0 Å². The Morgan fingerprint density at radius 2 is 1.60 bits per heavy atom. The van der Waals surface area contributed by atoms with Crippen LogP contribution in [0.4, 0.5) is 13.2 Å². The molecule has 0 N–H and O–H groups in total. The smallest absolute Gasteiger partial charge is 0.223 e. The molecular formula is C9H9F3O2S. The van der Waals surface area contributed by atoms with Crippen LogP contribution in [-0.4, -0.2) is 20.3 Å². The zero-order valence-corrected chi connectivity index (χ0v) is 8.69. The summed E-state index contributed by atoms with van der Waals surface area (Å²) in [5.74, 6) is -1.82. The van der Waals surface area contributed by atoms with E-state index in [2.05, 4.69) is 0 Å². The zero-order chi connectivity index (χ0) is 11.7. The van der Waals surface area contributed by atoms with E-state index in [1.165, 1.54) is 24.3 Å². The Bertz CT molecular complexity index is 431. The Morgan fingerprint density at radius 1 is 1.13 bits per heavy atom. The van der Waals surface area contributed by atoms with Gasteiger partial charge in [0.2, 0.25) is 0 Å². The number of hydrogen-bond donors (Lipinski definition) is 0. The first kappa shape index (κ1) is 12.0. The predicted octanol–water partition coefficient (Wildman–Crippen LogP) is 2.33. The van der Waals surface area contributed by atoms with E-state index in [4.69, 9.17) is 0 Å². The molecule has 0 spiro atoms. The lowest BCUT2D eigenvalue weighted by atomic mass is 10.2. The highest BCUT2D eigenvalue weighted by Gasteiger charge is 2.35. The van der Waals surface area contributed by atoms with Gasteiger partial charge in [0.15, 0.2) is 15.6 Å². The average Bonchev–Trinajstić information content (AvgIpc) is 2.00. The largest absolute Gasteiger partial charge is 0.403 e. The van der Waals surface area contributed by atoms with Crippen molar-refractivity contribution in [3.8, 4) is 0 Å². The van der Waals surface area contributed by atoms with E-state index in [0.29, 0.717) is 0 Å². The molecule has 1 rings (SSSR count). The number of sulfone groups is 1. The number of hydrogen-bond acceptors (Lipinski definition) is 2. The van der Waals surface area contributed by atoms with E-state index in [-0.39, 0.29) is 4.90 Å². The molecule has 0 atom stereocenters. The summed E-state index contributed by atoms with van der Waals surface area (Å²) in [4.78, 5) is -0.301. The summed E-state index contributed by atoms with van der Waals surface area (Å²) in [6, 6.07) is 5.28. The van der Waals surface area contributed by atoms with Gasteiger partial charge >= 0.3 is 6.18 Å². The van der Waals surface area contributed by atoms with E-state index in [1.807, 2.05) is 0 Å². The van der Waals surface area contributed by atoms with Crippen molar-refractivity contribution in [1.82, 2.24) is 0 Å². The minimum absolute atomic E-state index is 0.301. The fourth-order valence-corrected chi connectivity index (χ4v) is 2.19. The first-order valence-electron chi connectivity index (χ1n) is 4.07. The summed E-state index contributed by atoms with van der Waals surface area (Å²) < 4.78 is 58.3. The molecule has 0 aliphatic carbocycles. The summed E-state index contributed by atoms with van der Waals surface area (Å²) in [5, 5.41) is 0. The number of halogens is 3. The Kier molecular flexibility index (Phi) is 3.08. The van der Waals surface area contributed by atoms with Crippen LogP contribution in [-0.2, 0) is 9.84 Å². The first-order valence-corrected chi connectivity index (χ1v) is 5.72.